The summed E-state index contributed by atoms with van der Waals surface area (Å²) >= 11 is 0. The lowest BCUT2D eigenvalue weighted by molar-refractivity contribution is 0.127. The molecule has 0 spiro atoms. The van der Waals surface area contributed by atoms with E-state index in [0.717, 1.165) is 22.8 Å². The maximum Gasteiger partial charge on any atom is 0.177 e. The molecular formula is C17H18N2O4. The normalized spacial score (nSPS) is 13.5. The van der Waals surface area contributed by atoms with E-state index in [1.54, 1.807) is 0 Å². The van der Waals surface area contributed by atoms with Crippen LogP contribution in [0.1, 0.15) is 5.56 Å². The Labute approximate surface area is 134 Å². The molecule has 2 aromatic rings. The fourth-order valence-electron chi connectivity index (χ4n) is 2.07. The molecule has 6 nitrogen and oxygen atoms in total. The fourth-order valence-corrected chi connectivity index (χ4v) is 2.07. The van der Waals surface area contributed by atoms with Crippen LogP contribution < -0.4 is 19.9 Å². The molecule has 3 rings (SSSR count). The van der Waals surface area contributed by atoms with Crippen molar-refractivity contribution in [1.29, 1.82) is 0 Å². The van der Waals surface area contributed by atoms with Crippen LogP contribution in [-0.2, 0) is 11.4 Å². The largest absolute Gasteiger partial charge is 0.486 e. The lowest BCUT2D eigenvalue weighted by atomic mass is 10.2. The van der Waals surface area contributed by atoms with Gasteiger partial charge in [-0.05, 0) is 29.8 Å². The van der Waals surface area contributed by atoms with Crippen molar-refractivity contribution < 1.29 is 19.0 Å². The first kappa shape index (κ1) is 15.0. The number of nitrogens with zero attached hydrogens (tertiary/aromatic N) is 1. The SMILES string of the molecule is N/C(COc1ccccc1)=N\OCc1ccc2c(c1)OCCO2. The van der Waals surface area contributed by atoms with Gasteiger partial charge in [-0.15, -0.1) is 0 Å². The molecule has 0 amide bonds. The Hall–Kier alpha value is -2.89. The highest BCUT2D eigenvalue weighted by molar-refractivity contribution is 5.81. The zero-order valence-corrected chi connectivity index (χ0v) is 12.6. The summed E-state index contributed by atoms with van der Waals surface area (Å²) in [5.41, 5.74) is 6.68. The van der Waals surface area contributed by atoms with Crippen molar-refractivity contribution in [3.05, 3.63) is 54.1 Å². The summed E-state index contributed by atoms with van der Waals surface area (Å²) in [6.45, 7) is 1.60. The number of amidine groups is 1. The summed E-state index contributed by atoms with van der Waals surface area (Å²) in [5.74, 6) is 2.48. The highest BCUT2D eigenvalue weighted by Crippen LogP contribution is 2.30. The average Bonchev–Trinajstić information content (AvgIpc) is 2.61. The fraction of sp³-hybridized carbons (Fsp3) is 0.235. The standard InChI is InChI=1S/C17H18N2O4/c18-17(12-22-14-4-2-1-3-5-14)19-23-11-13-6-7-15-16(10-13)21-9-8-20-15/h1-7,10H,8-9,11-12H2,(H2,18,19). The van der Waals surface area contributed by atoms with E-state index >= 15 is 0 Å². The molecule has 0 radical (unpaired) electrons. The van der Waals surface area contributed by atoms with Gasteiger partial charge in [-0.3, -0.25) is 0 Å². The molecule has 0 saturated carbocycles. The van der Waals surface area contributed by atoms with Crippen molar-refractivity contribution in [2.24, 2.45) is 10.9 Å². The van der Waals surface area contributed by atoms with Gasteiger partial charge in [-0.25, -0.2) is 0 Å². The summed E-state index contributed by atoms with van der Waals surface area (Å²) in [6, 6.07) is 15.0. The van der Waals surface area contributed by atoms with E-state index in [-0.39, 0.29) is 12.4 Å². The molecule has 2 N–H and O–H groups in total. The number of hydrogen-bond donors (Lipinski definition) is 1. The molecule has 120 valence electrons. The van der Waals surface area contributed by atoms with Gasteiger partial charge < -0.3 is 24.8 Å². The zero-order valence-electron chi connectivity index (χ0n) is 12.6. The van der Waals surface area contributed by atoms with E-state index in [1.165, 1.54) is 0 Å². The summed E-state index contributed by atoms with van der Waals surface area (Å²) in [6.07, 6.45) is 0. The van der Waals surface area contributed by atoms with E-state index in [2.05, 4.69) is 5.16 Å². The molecule has 0 bridgehead atoms. The molecule has 1 heterocycles. The Kier molecular flexibility index (Phi) is 4.83. The molecule has 0 atom stereocenters. The summed E-state index contributed by atoms with van der Waals surface area (Å²) < 4.78 is 16.5. The predicted octanol–water partition coefficient (Wildman–Crippen LogP) is 2.33. The number of fused-ring (bicyclic) bond motifs is 1. The monoisotopic (exact) mass is 314 g/mol. The second-order valence-electron chi connectivity index (χ2n) is 4.94. The first-order chi connectivity index (χ1) is 11.3. The number of benzene rings is 2. The topological polar surface area (TPSA) is 75.3 Å². The summed E-state index contributed by atoms with van der Waals surface area (Å²) in [4.78, 5) is 5.25. The molecule has 1 aliphatic heterocycles. The number of rotatable bonds is 6. The van der Waals surface area contributed by atoms with E-state index in [1.807, 2.05) is 48.5 Å². The molecule has 0 saturated heterocycles. The van der Waals surface area contributed by atoms with Crippen molar-refractivity contribution in [2.75, 3.05) is 19.8 Å². The molecule has 0 aliphatic carbocycles. The van der Waals surface area contributed by atoms with Gasteiger partial charge in [0.25, 0.3) is 0 Å². The predicted molar refractivity (Wildman–Crippen MR) is 85.8 cm³/mol. The summed E-state index contributed by atoms with van der Waals surface area (Å²) in [5, 5.41) is 3.84. The minimum atomic E-state index is 0.172. The number of ether oxygens (including phenoxy) is 3. The van der Waals surface area contributed by atoms with Crippen LogP contribution in [0.25, 0.3) is 0 Å². The van der Waals surface area contributed by atoms with Crippen molar-refractivity contribution in [1.82, 2.24) is 0 Å². The van der Waals surface area contributed by atoms with Gasteiger partial charge in [0.05, 0.1) is 0 Å². The lowest BCUT2D eigenvalue weighted by Crippen LogP contribution is -2.21. The van der Waals surface area contributed by atoms with Crippen LogP contribution in [-0.4, -0.2) is 25.7 Å². The van der Waals surface area contributed by atoms with Gasteiger partial charge in [0.15, 0.2) is 17.3 Å². The van der Waals surface area contributed by atoms with Gasteiger partial charge in [-0.1, -0.05) is 29.4 Å². The minimum Gasteiger partial charge on any atom is -0.486 e. The van der Waals surface area contributed by atoms with E-state index in [9.17, 15) is 0 Å². The van der Waals surface area contributed by atoms with Gasteiger partial charge in [0.2, 0.25) is 0 Å². The lowest BCUT2D eigenvalue weighted by Gasteiger charge is -2.18. The van der Waals surface area contributed by atoms with Gasteiger partial charge in [0, 0.05) is 0 Å². The molecular weight excluding hydrogens is 296 g/mol. The van der Waals surface area contributed by atoms with Crippen LogP contribution >= 0.6 is 0 Å². The van der Waals surface area contributed by atoms with E-state index < -0.39 is 0 Å². The molecule has 0 aromatic heterocycles. The van der Waals surface area contributed by atoms with E-state index in [0.29, 0.717) is 19.8 Å². The Balaban J connectivity index is 1.48. The van der Waals surface area contributed by atoms with Crippen LogP contribution in [0, 0.1) is 0 Å². The Bertz CT molecular complexity index is 674. The zero-order chi connectivity index (χ0) is 15.9. The van der Waals surface area contributed by atoms with Gasteiger partial charge in [0.1, 0.15) is 32.2 Å². The molecule has 0 unspecified atom stereocenters. The van der Waals surface area contributed by atoms with E-state index in [4.69, 9.17) is 24.8 Å². The maximum atomic E-state index is 5.75. The van der Waals surface area contributed by atoms with Gasteiger partial charge in [-0.2, -0.15) is 0 Å². The van der Waals surface area contributed by atoms with Crippen molar-refractivity contribution in [2.45, 2.75) is 6.61 Å². The number of para-hydroxylation sites is 1. The number of oxime groups is 1. The smallest absolute Gasteiger partial charge is 0.177 e. The highest BCUT2D eigenvalue weighted by Gasteiger charge is 2.11. The molecule has 0 fully saturated rings. The third kappa shape index (κ3) is 4.29. The minimum absolute atomic E-state index is 0.172. The van der Waals surface area contributed by atoms with Crippen LogP contribution in [0.3, 0.4) is 0 Å². The van der Waals surface area contributed by atoms with Crippen LogP contribution in [0.15, 0.2) is 53.7 Å². The van der Waals surface area contributed by atoms with Crippen LogP contribution in [0.2, 0.25) is 0 Å². The quantitative estimate of drug-likeness (QED) is 0.503. The molecule has 6 heteroatoms. The summed E-state index contributed by atoms with van der Waals surface area (Å²) in [7, 11) is 0. The molecule has 1 aliphatic rings. The second-order valence-corrected chi connectivity index (χ2v) is 4.94. The Morgan fingerprint density at radius 1 is 1.04 bits per heavy atom. The second kappa shape index (κ2) is 7.40. The molecule has 2 aromatic carbocycles. The average molecular weight is 314 g/mol. The number of nitrogens with two attached hydrogens (primary N) is 1. The maximum absolute atomic E-state index is 5.75. The third-order valence-corrected chi connectivity index (χ3v) is 3.15. The van der Waals surface area contributed by atoms with Crippen LogP contribution in [0.4, 0.5) is 0 Å². The third-order valence-electron chi connectivity index (χ3n) is 3.15. The Morgan fingerprint density at radius 3 is 2.65 bits per heavy atom. The van der Waals surface area contributed by atoms with Crippen LogP contribution in [0.5, 0.6) is 17.2 Å². The highest BCUT2D eigenvalue weighted by atomic mass is 16.6. The first-order valence-corrected chi connectivity index (χ1v) is 7.32. The van der Waals surface area contributed by atoms with Gasteiger partial charge >= 0.3 is 0 Å². The molecule has 23 heavy (non-hydrogen) atoms. The number of hydrogen-bond acceptors (Lipinski definition) is 5. The van der Waals surface area contributed by atoms with Crippen molar-refractivity contribution >= 4 is 5.84 Å². The Morgan fingerprint density at radius 2 is 1.83 bits per heavy atom. The van der Waals surface area contributed by atoms with Crippen molar-refractivity contribution in [3.63, 3.8) is 0 Å². The van der Waals surface area contributed by atoms with Crippen molar-refractivity contribution in [3.8, 4) is 17.2 Å². The first-order valence-electron chi connectivity index (χ1n) is 7.32.